The van der Waals surface area contributed by atoms with Crippen molar-refractivity contribution in [3.05, 3.63) is 58.7 Å². The Morgan fingerprint density at radius 1 is 1.19 bits per heavy atom. The molecule has 11 heteroatoms. The highest BCUT2D eigenvalue weighted by Gasteiger charge is 2.33. The molecule has 2 N–H and O–H groups in total. The lowest BCUT2D eigenvalue weighted by Crippen LogP contribution is -2.43. The summed E-state index contributed by atoms with van der Waals surface area (Å²) in [7, 11) is 0. The highest BCUT2D eigenvalue weighted by Crippen LogP contribution is 2.30. The quantitative estimate of drug-likeness (QED) is 0.633. The lowest BCUT2D eigenvalue weighted by molar-refractivity contribution is 0.0972. The van der Waals surface area contributed by atoms with Crippen LogP contribution in [0.25, 0.3) is 0 Å². The van der Waals surface area contributed by atoms with Gasteiger partial charge in [0, 0.05) is 43.0 Å². The van der Waals surface area contributed by atoms with Crippen molar-refractivity contribution in [2.45, 2.75) is 6.54 Å². The van der Waals surface area contributed by atoms with Gasteiger partial charge in [-0.2, -0.15) is 0 Å². The van der Waals surface area contributed by atoms with Gasteiger partial charge in [0.2, 0.25) is 0 Å². The van der Waals surface area contributed by atoms with E-state index in [4.69, 9.17) is 16.0 Å². The minimum Gasteiger partial charge on any atom is -0.398 e. The third-order valence-electron chi connectivity index (χ3n) is 5.21. The Balaban J connectivity index is 1.33. The van der Waals surface area contributed by atoms with E-state index in [9.17, 15) is 9.59 Å². The van der Waals surface area contributed by atoms with E-state index >= 15 is 0 Å². The molecule has 0 bridgehead atoms. The summed E-state index contributed by atoms with van der Waals surface area (Å²) in [6.45, 7) is 3.60. The van der Waals surface area contributed by atoms with Gasteiger partial charge >= 0.3 is 17.8 Å². The highest BCUT2D eigenvalue weighted by atomic mass is 35.5. The van der Waals surface area contributed by atoms with Crippen LogP contribution in [0.15, 0.2) is 41.1 Å². The van der Waals surface area contributed by atoms with E-state index < -0.39 is 5.91 Å². The monoisotopic (exact) mass is 439 g/mol. The van der Waals surface area contributed by atoms with E-state index in [0.717, 1.165) is 37.4 Å². The minimum atomic E-state index is -0.574. The van der Waals surface area contributed by atoms with Crippen LogP contribution in [0.5, 0.6) is 0 Å². The number of piperazine rings is 1. The molecule has 2 aliphatic heterocycles. The Labute approximate surface area is 182 Å². The van der Waals surface area contributed by atoms with Gasteiger partial charge in [-0.3, -0.25) is 19.5 Å². The molecule has 1 saturated heterocycles. The Hall–Kier alpha value is -3.50. The lowest BCUT2D eigenvalue weighted by atomic mass is 10.1. The molecule has 3 aromatic rings. The summed E-state index contributed by atoms with van der Waals surface area (Å²) in [5.41, 5.74) is 2.70. The minimum absolute atomic E-state index is 0.0454. The topological polar surface area (TPSA) is 116 Å². The van der Waals surface area contributed by atoms with Crippen molar-refractivity contribution in [1.29, 1.82) is 0 Å². The number of halogens is 1. The van der Waals surface area contributed by atoms with Crippen molar-refractivity contribution in [1.82, 2.24) is 20.5 Å². The summed E-state index contributed by atoms with van der Waals surface area (Å²) in [6, 6.07) is 6.84. The van der Waals surface area contributed by atoms with Crippen molar-refractivity contribution < 1.29 is 14.0 Å². The normalized spacial score (nSPS) is 15.8. The zero-order chi connectivity index (χ0) is 21.4. The number of pyridine rings is 1. The predicted molar refractivity (Wildman–Crippen MR) is 114 cm³/mol. The third-order valence-corrected chi connectivity index (χ3v) is 5.45. The van der Waals surface area contributed by atoms with Gasteiger partial charge in [-0.05, 0) is 29.8 Å². The van der Waals surface area contributed by atoms with E-state index in [2.05, 4.69) is 30.7 Å². The molecule has 0 saturated carbocycles. The van der Waals surface area contributed by atoms with E-state index in [-0.39, 0.29) is 24.4 Å². The molecule has 31 heavy (non-hydrogen) atoms. The van der Waals surface area contributed by atoms with Crippen molar-refractivity contribution in [3.63, 3.8) is 0 Å². The average molecular weight is 440 g/mol. The van der Waals surface area contributed by atoms with Crippen molar-refractivity contribution >= 4 is 40.8 Å². The van der Waals surface area contributed by atoms with Crippen LogP contribution in [0.4, 0.5) is 17.4 Å². The number of fused-ring (bicyclic) bond motifs is 1. The number of carbonyl (C=O) groups is 2. The molecular weight excluding hydrogens is 422 g/mol. The van der Waals surface area contributed by atoms with Gasteiger partial charge in [0.05, 0.1) is 24.1 Å². The third kappa shape index (κ3) is 3.71. The van der Waals surface area contributed by atoms with Gasteiger partial charge in [0.25, 0.3) is 5.91 Å². The molecule has 1 fully saturated rings. The summed E-state index contributed by atoms with van der Waals surface area (Å²) in [6.07, 6.45) is 3.26. The fourth-order valence-corrected chi connectivity index (χ4v) is 3.90. The zero-order valence-electron chi connectivity index (χ0n) is 16.3. The molecular formula is C20H18ClN7O3. The number of benzene rings is 1. The molecule has 2 aromatic heterocycles. The van der Waals surface area contributed by atoms with E-state index in [1.54, 1.807) is 30.6 Å². The van der Waals surface area contributed by atoms with Crippen LogP contribution in [-0.4, -0.2) is 53.2 Å². The van der Waals surface area contributed by atoms with E-state index in [1.807, 2.05) is 6.07 Å². The number of carbonyl (C=O) groups excluding carboxylic acids is 2. The van der Waals surface area contributed by atoms with Crippen LogP contribution < -0.4 is 20.4 Å². The number of hydrogen-bond acceptors (Lipinski definition) is 8. The summed E-state index contributed by atoms with van der Waals surface area (Å²) in [5.74, 6) is -1.10. The number of rotatable bonds is 4. The van der Waals surface area contributed by atoms with Gasteiger partial charge in [-0.1, -0.05) is 16.7 Å². The number of anilines is 3. The molecule has 2 aliphatic rings. The first kappa shape index (κ1) is 19.5. The van der Waals surface area contributed by atoms with Crippen LogP contribution in [0.3, 0.4) is 0 Å². The summed E-state index contributed by atoms with van der Waals surface area (Å²) in [4.78, 5) is 33.0. The van der Waals surface area contributed by atoms with Crippen LogP contribution in [0.2, 0.25) is 5.02 Å². The second kappa shape index (κ2) is 7.97. The van der Waals surface area contributed by atoms with Crippen molar-refractivity contribution in [2.75, 3.05) is 41.3 Å². The van der Waals surface area contributed by atoms with Gasteiger partial charge in [-0.25, -0.2) is 0 Å². The maximum absolute atomic E-state index is 12.7. The Morgan fingerprint density at radius 3 is 2.87 bits per heavy atom. The Morgan fingerprint density at radius 2 is 2.03 bits per heavy atom. The first-order valence-corrected chi connectivity index (χ1v) is 10.1. The van der Waals surface area contributed by atoms with Crippen LogP contribution in [-0.2, 0) is 6.54 Å². The molecule has 158 valence electrons. The zero-order valence-corrected chi connectivity index (χ0v) is 17.1. The molecule has 2 amide bonds. The molecule has 4 heterocycles. The first-order valence-electron chi connectivity index (χ1n) is 9.75. The molecule has 0 atom stereocenters. The largest absolute Gasteiger partial charge is 0.398 e. The molecule has 0 spiro atoms. The molecule has 0 aliphatic carbocycles. The smallest absolute Gasteiger partial charge is 0.326 e. The fraction of sp³-hybridized carbons (Fsp3) is 0.250. The molecule has 0 radical (unpaired) electrons. The maximum atomic E-state index is 12.7. The average Bonchev–Trinajstić information content (AvgIpc) is 3.39. The maximum Gasteiger partial charge on any atom is 0.326 e. The standard InChI is InChI=1S/C20H18ClN7O3/c21-13-1-2-14-12(9-13)11-28(19(14)30)20-26-25-18(31-20)17(29)24-15-10-23-4-3-16(15)27-7-5-22-6-8-27/h1-4,9-10,22H,5-8,11H2,(H,24,29). The van der Waals surface area contributed by atoms with Crippen LogP contribution in [0, 0.1) is 0 Å². The first-order chi connectivity index (χ1) is 15.1. The second-order valence-corrected chi connectivity index (χ2v) is 7.60. The predicted octanol–water partition coefficient (Wildman–Crippen LogP) is 1.94. The van der Waals surface area contributed by atoms with Crippen molar-refractivity contribution in [3.8, 4) is 0 Å². The molecule has 1 aromatic carbocycles. The number of amides is 2. The Kier molecular flexibility index (Phi) is 5.00. The number of nitrogens with zero attached hydrogens (tertiary/aromatic N) is 5. The summed E-state index contributed by atoms with van der Waals surface area (Å²) >= 11 is 6.01. The molecule has 5 rings (SSSR count). The van der Waals surface area contributed by atoms with E-state index in [1.165, 1.54) is 4.90 Å². The number of aromatic nitrogens is 3. The molecule has 0 unspecified atom stereocenters. The van der Waals surface area contributed by atoms with Crippen LogP contribution in [0.1, 0.15) is 26.6 Å². The SMILES string of the molecule is O=C(Nc1cnccc1N1CCNCC1)c1nnc(N2Cc3cc(Cl)ccc3C2=O)o1. The van der Waals surface area contributed by atoms with Gasteiger partial charge in [0.15, 0.2) is 0 Å². The van der Waals surface area contributed by atoms with Crippen LogP contribution >= 0.6 is 11.6 Å². The summed E-state index contributed by atoms with van der Waals surface area (Å²) < 4.78 is 5.51. The summed E-state index contributed by atoms with van der Waals surface area (Å²) in [5, 5.41) is 14.3. The van der Waals surface area contributed by atoms with Crippen molar-refractivity contribution in [2.24, 2.45) is 0 Å². The molecule has 10 nitrogen and oxygen atoms in total. The number of nitrogens with one attached hydrogen (secondary N) is 2. The van der Waals surface area contributed by atoms with Gasteiger partial charge < -0.3 is 20.0 Å². The van der Waals surface area contributed by atoms with E-state index in [0.29, 0.717) is 16.3 Å². The van der Waals surface area contributed by atoms with Gasteiger partial charge in [-0.15, -0.1) is 5.10 Å². The Bertz CT molecular complexity index is 1160. The fourth-order valence-electron chi connectivity index (χ4n) is 3.70. The second-order valence-electron chi connectivity index (χ2n) is 7.17. The lowest BCUT2D eigenvalue weighted by Gasteiger charge is -2.30. The highest BCUT2D eigenvalue weighted by molar-refractivity contribution is 6.31. The number of hydrogen-bond donors (Lipinski definition) is 2. The van der Waals surface area contributed by atoms with Gasteiger partial charge in [0.1, 0.15) is 0 Å².